The monoisotopic (exact) mass is 251 g/mol. The molecule has 18 heavy (non-hydrogen) atoms. The fourth-order valence-electron chi connectivity index (χ4n) is 2.19. The molecule has 3 heteroatoms. The lowest BCUT2D eigenvalue weighted by Gasteiger charge is -2.27. The zero-order chi connectivity index (χ0) is 13.7. The number of benzene rings is 1. The Morgan fingerprint density at radius 2 is 1.67 bits per heavy atom. The van der Waals surface area contributed by atoms with Gasteiger partial charge >= 0.3 is 0 Å². The van der Waals surface area contributed by atoms with Gasteiger partial charge in [0.2, 0.25) is 0 Å². The summed E-state index contributed by atoms with van der Waals surface area (Å²) < 4.78 is 0. The Kier molecular flexibility index (Phi) is 5.79. The summed E-state index contributed by atoms with van der Waals surface area (Å²) in [7, 11) is 1.99. The van der Waals surface area contributed by atoms with Crippen LogP contribution in [0.15, 0.2) is 12.1 Å². The molecule has 1 aromatic rings. The zero-order valence-electron chi connectivity index (χ0n) is 11.9. The van der Waals surface area contributed by atoms with Crippen LogP contribution in [0.25, 0.3) is 0 Å². The molecule has 1 aromatic carbocycles. The van der Waals surface area contributed by atoms with Gasteiger partial charge in [-0.05, 0) is 56.5 Å². The van der Waals surface area contributed by atoms with Crippen LogP contribution in [-0.4, -0.2) is 41.4 Å². The number of hydrogen-bond acceptors (Lipinski definition) is 3. The number of aliphatic hydroxyl groups is 2. The fourth-order valence-corrected chi connectivity index (χ4v) is 2.19. The van der Waals surface area contributed by atoms with E-state index in [-0.39, 0.29) is 19.3 Å². The summed E-state index contributed by atoms with van der Waals surface area (Å²) in [5.74, 6) is 0. The third-order valence-corrected chi connectivity index (χ3v) is 3.67. The average Bonchev–Trinajstić information content (AvgIpc) is 2.32. The average molecular weight is 251 g/mol. The van der Waals surface area contributed by atoms with E-state index in [1.54, 1.807) is 0 Å². The largest absolute Gasteiger partial charge is 0.396 e. The van der Waals surface area contributed by atoms with E-state index in [0.29, 0.717) is 6.42 Å². The van der Waals surface area contributed by atoms with E-state index < -0.39 is 0 Å². The van der Waals surface area contributed by atoms with Crippen molar-refractivity contribution in [2.75, 3.05) is 20.3 Å². The van der Waals surface area contributed by atoms with Crippen LogP contribution in [0.4, 0.5) is 0 Å². The molecule has 0 aliphatic heterocycles. The van der Waals surface area contributed by atoms with E-state index in [9.17, 15) is 5.11 Å². The number of likely N-dealkylation sites (N-methyl/N-ethyl adjacent to an activating group) is 1. The van der Waals surface area contributed by atoms with Crippen LogP contribution in [0, 0.1) is 20.8 Å². The topological polar surface area (TPSA) is 43.7 Å². The van der Waals surface area contributed by atoms with E-state index in [2.05, 4.69) is 37.8 Å². The maximum Gasteiger partial charge on any atom is 0.0587 e. The van der Waals surface area contributed by atoms with Gasteiger partial charge < -0.3 is 10.2 Å². The lowest BCUT2D eigenvalue weighted by atomic mass is 10.00. The van der Waals surface area contributed by atoms with Crippen molar-refractivity contribution >= 4 is 0 Å². The molecule has 0 radical (unpaired) electrons. The Bertz CT molecular complexity index is 390. The molecule has 0 saturated heterocycles. The molecule has 0 aromatic heterocycles. The first-order valence-corrected chi connectivity index (χ1v) is 6.48. The predicted octanol–water partition coefficient (Wildman–Crippen LogP) is 1.79. The molecule has 1 unspecified atom stereocenters. The number of hydrogen-bond donors (Lipinski definition) is 2. The van der Waals surface area contributed by atoms with Crippen molar-refractivity contribution in [1.82, 2.24) is 4.90 Å². The first-order valence-electron chi connectivity index (χ1n) is 6.48. The third-order valence-electron chi connectivity index (χ3n) is 3.67. The molecule has 0 amide bonds. The first-order chi connectivity index (χ1) is 8.49. The van der Waals surface area contributed by atoms with Gasteiger partial charge in [-0.2, -0.15) is 0 Å². The molecule has 0 fully saturated rings. The highest BCUT2D eigenvalue weighted by Gasteiger charge is 2.14. The van der Waals surface area contributed by atoms with E-state index in [0.717, 1.165) is 6.54 Å². The van der Waals surface area contributed by atoms with E-state index in [1.807, 2.05) is 7.05 Å². The molecule has 0 bridgehead atoms. The van der Waals surface area contributed by atoms with Crippen molar-refractivity contribution in [3.05, 3.63) is 34.4 Å². The summed E-state index contributed by atoms with van der Waals surface area (Å²) in [6, 6.07) is 4.45. The molecule has 102 valence electrons. The van der Waals surface area contributed by atoms with E-state index in [4.69, 9.17) is 5.11 Å². The second kappa shape index (κ2) is 6.88. The fraction of sp³-hybridized carbons (Fsp3) is 0.600. The molecule has 3 nitrogen and oxygen atoms in total. The van der Waals surface area contributed by atoms with Crippen molar-refractivity contribution < 1.29 is 10.2 Å². The summed E-state index contributed by atoms with van der Waals surface area (Å²) in [6.07, 6.45) is 0.608. The van der Waals surface area contributed by atoms with Crippen LogP contribution in [0.3, 0.4) is 0 Å². The maximum atomic E-state index is 9.32. The Balaban J connectivity index is 2.80. The van der Waals surface area contributed by atoms with Crippen LogP contribution in [0.2, 0.25) is 0 Å². The van der Waals surface area contributed by atoms with Crippen molar-refractivity contribution in [2.45, 2.75) is 39.8 Å². The van der Waals surface area contributed by atoms with Crippen LogP contribution in [-0.2, 0) is 6.54 Å². The number of aryl methyl sites for hydroxylation is 3. The summed E-state index contributed by atoms with van der Waals surface area (Å²) in [4.78, 5) is 2.10. The minimum atomic E-state index is 0.0241. The van der Waals surface area contributed by atoms with Gasteiger partial charge in [-0.15, -0.1) is 0 Å². The number of aliphatic hydroxyl groups excluding tert-OH is 2. The predicted molar refractivity (Wildman–Crippen MR) is 74.7 cm³/mol. The minimum Gasteiger partial charge on any atom is -0.396 e. The number of nitrogens with zero attached hydrogens (tertiary/aromatic N) is 1. The van der Waals surface area contributed by atoms with Gasteiger partial charge in [0, 0.05) is 19.2 Å². The van der Waals surface area contributed by atoms with Crippen LogP contribution < -0.4 is 0 Å². The second-order valence-corrected chi connectivity index (χ2v) is 5.13. The molecule has 1 rings (SSSR count). The normalized spacial score (nSPS) is 13.1. The number of rotatable bonds is 6. The molecule has 0 saturated carbocycles. The third kappa shape index (κ3) is 3.80. The zero-order valence-corrected chi connectivity index (χ0v) is 11.9. The molecular formula is C15H25NO2. The van der Waals surface area contributed by atoms with Gasteiger partial charge in [-0.25, -0.2) is 0 Å². The van der Waals surface area contributed by atoms with Crippen LogP contribution in [0.5, 0.6) is 0 Å². The molecule has 0 aliphatic rings. The highest BCUT2D eigenvalue weighted by atomic mass is 16.3. The Morgan fingerprint density at radius 1 is 1.06 bits per heavy atom. The lowest BCUT2D eigenvalue weighted by molar-refractivity contribution is 0.115. The summed E-state index contributed by atoms with van der Waals surface area (Å²) >= 11 is 0. The van der Waals surface area contributed by atoms with Crippen molar-refractivity contribution in [2.24, 2.45) is 0 Å². The summed E-state index contributed by atoms with van der Waals surface area (Å²) in [5.41, 5.74) is 5.18. The standard InChI is InChI=1S/C15H25NO2/c1-11-7-13(3)14(8-12(11)2)9-16(4)15(10-18)5-6-17/h7-8,15,17-18H,5-6,9-10H2,1-4H3. The molecular weight excluding hydrogens is 226 g/mol. The highest BCUT2D eigenvalue weighted by molar-refractivity contribution is 5.36. The minimum absolute atomic E-state index is 0.0241. The van der Waals surface area contributed by atoms with Crippen molar-refractivity contribution in [3.8, 4) is 0 Å². The van der Waals surface area contributed by atoms with Gasteiger partial charge in [0.15, 0.2) is 0 Å². The lowest BCUT2D eigenvalue weighted by Crippen LogP contribution is -2.35. The van der Waals surface area contributed by atoms with Gasteiger partial charge in [0.25, 0.3) is 0 Å². The Hall–Kier alpha value is -0.900. The maximum absolute atomic E-state index is 9.32. The Morgan fingerprint density at radius 3 is 2.22 bits per heavy atom. The van der Waals surface area contributed by atoms with Gasteiger partial charge in [-0.3, -0.25) is 4.90 Å². The summed E-state index contributed by atoms with van der Waals surface area (Å²) in [6.45, 7) is 7.36. The smallest absolute Gasteiger partial charge is 0.0587 e. The summed E-state index contributed by atoms with van der Waals surface area (Å²) in [5, 5.41) is 18.3. The second-order valence-electron chi connectivity index (χ2n) is 5.13. The van der Waals surface area contributed by atoms with E-state index >= 15 is 0 Å². The van der Waals surface area contributed by atoms with Crippen molar-refractivity contribution in [3.63, 3.8) is 0 Å². The SMILES string of the molecule is Cc1cc(C)c(CN(C)C(CO)CCO)cc1C. The van der Waals surface area contributed by atoms with Gasteiger partial charge in [0.05, 0.1) is 6.61 Å². The van der Waals surface area contributed by atoms with Crippen LogP contribution >= 0.6 is 0 Å². The van der Waals surface area contributed by atoms with Crippen LogP contribution in [0.1, 0.15) is 28.7 Å². The Labute approximate surface area is 110 Å². The molecule has 0 aliphatic carbocycles. The highest BCUT2D eigenvalue weighted by Crippen LogP contribution is 2.18. The molecule has 0 heterocycles. The van der Waals surface area contributed by atoms with Crippen molar-refractivity contribution in [1.29, 1.82) is 0 Å². The van der Waals surface area contributed by atoms with Gasteiger partial charge in [-0.1, -0.05) is 12.1 Å². The first kappa shape index (κ1) is 15.2. The van der Waals surface area contributed by atoms with E-state index in [1.165, 1.54) is 22.3 Å². The molecule has 0 spiro atoms. The van der Waals surface area contributed by atoms with Gasteiger partial charge in [0.1, 0.15) is 0 Å². The quantitative estimate of drug-likeness (QED) is 0.810. The molecule has 1 atom stereocenters. The molecule has 2 N–H and O–H groups in total.